The highest BCUT2D eigenvalue weighted by Crippen LogP contribution is 2.22. The zero-order valence-corrected chi connectivity index (χ0v) is 15.5. The van der Waals surface area contributed by atoms with Gasteiger partial charge in [0.15, 0.2) is 0 Å². The maximum Gasteiger partial charge on any atom is 0.251 e. The molecule has 0 spiro atoms. The number of carbonyl (C=O) groups is 4. The number of hydrogen-bond acceptors (Lipinski definition) is 5. The Kier molecular flexibility index (Phi) is 7.07. The van der Waals surface area contributed by atoms with Gasteiger partial charge in [-0.3, -0.25) is 19.2 Å². The van der Waals surface area contributed by atoms with Gasteiger partial charge in [-0.15, -0.1) is 11.3 Å². The summed E-state index contributed by atoms with van der Waals surface area (Å²) < 4.78 is 0. The number of rotatable bonds is 8. The van der Waals surface area contributed by atoms with Crippen molar-refractivity contribution in [3.05, 3.63) is 52.2 Å². The molecule has 2 rings (SSSR count). The van der Waals surface area contributed by atoms with Crippen LogP contribution in [0.25, 0.3) is 0 Å². The number of primary amides is 1. The highest BCUT2D eigenvalue weighted by Gasteiger charge is 2.18. The van der Waals surface area contributed by atoms with Gasteiger partial charge in [-0.2, -0.15) is 0 Å². The summed E-state index contributed by atoms with van der Waals surface area (Å²) in [5.41, 5.74) is 5.83. The van der Waals surface area contributed by atoms with Crippen LogP contribution in [0.4, 0.5) is 5.69 Å². The molecule has 2 aromatic rings. The standard InChI is InChI=1S/C18H20N4O4S/c1-11(23)21-14(15-3-2-8-27-15)9-17(25)22-13-6-4-12(5-7-13)18(26)20-10-16(19)24/h2-8,14H,9-10H2,1H3,(H2,19,24)(H,20,26)(H,21,23)(H,22,25). The minimum atomic E-state index is -0.633. The van der Waals surface area contributed by atoms with Crippen LogP contribution in [0.3, 0.4) is 0 Å². The second kappa shape index (κ2) is 9.48. The summed E-state index contributed by atoms with van der Waals surface area (Å²) >= 11 is 1.46. The molecule has 1 atom stereocenters. The first-order chi connectivity index (χ1) is 12.8. The Labute approximate surface area is 160 Å². The quantitative estimate of drug-likeness (QED) is 0.541. The Morgan fingerprint density at radius 3 is 2.37 bits per heavy atom. The van der Waals surface area contributed by atoms with Gasteiger partial charge >= 0.3 is 0 Å². The van der Waals surface area contributed by atoms with Crippen LogP contribution in [-0.2, 0) is 14.4 Å². The summed E-state index contributed by atoms with van der Waals surface area (Å²) in [5, 5.41) is 9.76. The fraction of sp³-hybridized carbons (Fsp3) is 0.222. The minimum Gasteiger partial charge on any atom is -0.368 e. The fourth-order valence-corrected chi connectivity index (χ4v) is 3.11. The first-order valence-electron chi connectivity index (χ1n) is 8.12. The number of hydrogen-bond donors (Lipinski definition) is 4. The van der Waals surface area contributed by atoms with Gasteiger partial charge in [0.2, 0.25) is 17.7 Å². The number of thiophene rings is 1. The van der Waals surface area contributed by atoms with Gasteiger partial charge in [-0.1, -0.05) is 6.07 Å². The Hall–Kier alpha value is -3.20. The molecule has 0 radical (unpaired) electrons. The molecule has 1 aromatic carbocycles. The number of benzene rings is 1. The molecule has 1 unspecified atom stereocenters. The number of nitrogens with one attached hydrogen (secondary N) is 3. The SMILES string of the molecule is CC(=O)NC(CC(=O)Nc1ccc(C(=O)NCC(N)=O)cc1)c1cccs1. The highest BCUT2D eigenvalue weighted by atomic mass is 32.1. The monoisotopic (exact) mass is 388 g/mol. The van der Waals surface area contributed by atoms with Gasteiger partial charge < -0.3 is 21.7 Å². The van der Waals surface area contributed by atoms with E-state index >= 15 is 0 Å². The number of nitrogens with two attached hydrogens (primary N) is 1. The van der Waals surface area contributed by atoms with Crippen molar-refractivity contribution in [2.75, 3.05) is 11.9 Å². The summed E-state index contributed by atoms with van der Waals surface area (Å²) in [4.78, 5) is 47.1. The van der Waals surface area contributed by atoms with E-state index in [1.54, 1.807) is 12.1 Å². The van der Waals surface area contributed by atoms with Crippen LogP contribution in [-0.4, -0.2) is 30.2 Å². The molecule has 8 nitrogen and oxygen atoms in total. The molecule has 27 heavy (non-hydrogen) atoms. The second-order valence-corrected chi connectivity index (χ2v) is 6.73. The van der Waals surface area contributed by atoms with E-state index < -0.39 is 17.9 Å². The second-order valence-electron chi connectivity index (χ2n) is 5.75. The molecule has 4 amide bonds. The Balaban J connectivity index is 1.95. The Bertz CT molecular complexity index is 818. The van der Waals surface area contributed by atoms with Gasteiger partial charge in [0.1, 0.15) is 0 Å². The minimum absolute atomic E-state index is 0.0843. The van der Waals surface area contributed by atoms with E-state index in [1.807, 2.05) is 17.5 Å². The normalized spacial score (nSPS) is 11.3. The first-order valence-corrected chi connectivity index (χ1v) is 9.00. The van der Waals surface area contributed by atoms with Crippen LogP contribution >= 0.6 is 11.3 Å². The third-order valence-electron chi connectivity index (χ3n) is 3.51. The molecule has 142 valence electrons. The molecule has 1 heterocycles. The molecule has 1 aromatic heterocycles. The number of carbonyl (C=O) groups excluding carboxylic acids is 4. The van der Waals surface area contributed by atoms with Gasteiger partial charge in [-0.25, -0.2) is 0 Å². The van der Waals surface area contributed by atoms with Crippen molar-refractivity contribution in [2.24, 2.45) is 5.73 Å². The molecule has 0 fully saturated rings. The molecular weight excluding hydrogens is 368 g/mol. The van der Waals surface area contributed by atoms with Crippen molar-refractivity contribution in [2.45, 2.75) is 19.4 Å². The smallest absolute Gasteiger partial charge is 0.251 e. The number of anilines is 1. The molecule has 5 N–H and O–H groups in total. The number of amides is 4. The van der Waals surface area contributed by atoms with Gasteiger partial charge in [0.25, 0.3) is 5.91 Å². The molecule has 0 aliphatic heterocycles. The zero-order valence-electron chi connectivity index (χ0n) is 14.7. The topological polar surface area (TPSA) is 130 Å². The predicted molar refractivity (Wildman–Crippen MR) is 102 cm³/mol. The van der Waals surface area contributed by atoms with E-state index in [0.717, 1.165) is 4.88 Å². The largest absolute Gasteiger partial charge is 0.368 e. The van der Waals surface area contributed by atoms with Gasteiger partial charge in [0.05, 0.1) is 19.0 Å². The third kappa shape index (κ3) is 6.55. The van der Waals surface area contributed by atoms with E-state index in [2.05, 4.69) is 16.0 Å². The van der Waals surface area contributed by atoms with Crippen molar-refractivity contribution >= 4 is 40.7 Å². The lowest BCUT2D eigenvalue weighted by molar-refractivity contribution is -0.120. The van der Waals surface area contributed by atoms with Gasteiger partial charge in [0, 0.05) is 23.1 Å². The van der Waals surface area contributed by atoms with Crippen molar-refractivity contribution in [1.82, 2.24) is 10.6 Å². The zero-order chi connectivity index (χ0) is 19.8. The lowest BCUT2D eigenvalue weighted by Gasteiger charge is -2.16. The van der Waals surface area contributed by atoms with Crippen LogP contribution in [0.1, 0.15) is 34.6 Å². The summed E-state index contributed by atoms with van der Waals surface area (Å²) in [5.74, 6) is -1.55. The lowest BCUT2D eigenvalue weighted by atomic mass is 10.1. The fourth-order valence-electron chi connectivity index (χ4n) is 2.33. The van der Waals surface area contributed by atoms with Crippen LogP contribution < -0.4 is 21.7 Å². The molecule has 0 aliphatic carbocycles. The lowest BCUT2D eigenvalue weighted by Crippen LogP contribution is -2.33. The van der Waals surface area contributed by atoms with Crippen LogP contribution in [0, 0.1) is 0 Å². The predicted octanol–water partition coefficient (Wildman–Crippen LogP) is 1.17. The first kappa shape index (κ1) is 20.1. The average molecular weight is 388 g/mol. The molecular formula is C18H20N4O4S. The maximum absolute atomic E-state index is 12.3. The van der Waals surface area contributed by atoms with E-state index in [4.69, 9.17) is 5.73 Å². The van der Waals surface area contributed by atoms with Crippen molar-refractivity contribution < 1.29 is 19.2 Å². The van der Waals surface area contributed by atoms with Gasteiger partial charge in [-0.05, 0) is 35.7 Å². The van der Waals surface area contributed by atoms with Crippen LogP contribution in [0.5, 0.6) is 0 Å². The van der Waals surface area contributed by atoms with Crippen LogP contribution in [0.15, 0.2) is 41.8 Å². The Morgan fingerprint density at radius 1 is 1.11 bits per heavy atom. The highest BCUT2D eigenvalue weighted by molar-refractivity contribution is 7.10. The van der Waals surface area contributed by atoms with Crippen molar-refractivity contribution in [3.63, 3.8) is 0 Å². The van der Waals surface area contributed by atoms with E-state index in [-0.39, 0.29) is 24.8 Å². The Morgan fingerprint density at radius 2 is 1.81 bits per heavy atom. The summed E-state index contributed by atoms with van der Waals surface area (Å²) in [7, 11) is 0. The maximum atomic E-state index is 12.3. The molecule has 0 bridgehead atoms. The van der Waals surface area contributed by atoms with E-state index in [9.17, 15) is 19.2 Å². The molecule has 0 saturated heterocycles. The average Bonchev–Trinajstić information content (AvgIpc) is 3.14. The van der Waals surface area contributed by atoms with Crippen LogP contribution in [0.2, 0.25) is 0 Å². The van der Waals surface area contributed by atoms with E-state index in [1.165, 1.54) is 30.4 Å². The summed E-state index contributed by atoms with van der Waals surface area (Å²) in [6.45, 7) is 1.16. The summed E-state index contributed by atoms with van der Waals surface area (Å²) in [6, 6.07) is 9.52. The molecule has 9 heteroatoms. The third-order valence-corrected chi connectivity index (χ3v) is 4.49. The van der Waals surface area contributed by atoms with Crippen molar-refractivity contribution in [3.8, 4) is 0 Å². The van der Waals surface area contributed by atoms with Crippen molar-refractivity contribution in [1.29, 1.82) is 0 Å². The van der Waals surface area contributed by atoms with E-state index in [0.29, 0.717) is 11.3 Å². The summed E-state index contributed by atoms with van der Waals surface area (Å²) in [6.07, 6.45) is 0.0843. The molecule has 0 saturated carbocycles. The molecule has 0 aliphatic rings.